The third-order valence-corrected chi connectivity index (χ3v) is 3.78. The molecule has 0 spiro atoms. The Balaban J connectivity index is 2.04. The van der Waals surface area contributed by atoms with E-state index in [1.54, 1.807) is 7.11 Å². The second-order valence-electron chi connectivity index (χ2n) is 5.17. The topological polar surface area (TPSA) is 50.4 Å². The normalized spacial score (nSPS) is 23.9. The van der Waals surface area contributed by atoms with Gasteiger partial charge in [-0.3, -0.25) is 4.79 Å². The van der Waals surface area contributed by atoms with Gasteiger partial charge >= 0.3 is 0 Å². The van der Waals surface area contributed by atoms with Gasteiger partial charge in [0.1, 0.15) is 5.75 Å². The van der Waals surface area contributed by atoms with Crippen LogP contribution in [0.3, 0.4) is 0 Å². The van der Waals surface area contributed by atoms with Crippen molar-refractivity contribution in [3.63, 3.8) is 0 Å². The molecule has 0 saturated carbocycles. The van der Waals surface area contributed by atoms with Crippen LogP contribution >= 0.6 is 0 Å². The van der Waals surface area contributed by atoms with E-state index in [1.807, 2.05) is 31.2 Å². The highest BCUT2D eigenvalue weighted by atomic mass is 16.5. The Bertz CT molecular complexity index is 448. The molecule has 0 bridgehead atoms. The molecule has 1 aliphatic rings. The SMILES string of the molecule is COc1ccccc1C(C)NC(=O)C1NCCC1C. The predicted octanol–water partition coefficient (Wildman–Crippen LogP) is 1.87. The van der Waals surface area contributed by atoms with Crippen LogP contribution in [-0.2, 0) is 4.79 Å². The van der Waals surface area contributed by atoms with E-state index in [4.69, 9.17) is 4.74 Å². The Morgan fingerprint density at radius 1 is 1.47 bits per heavy atom. The zero-order valence-corrected chi connectivity index (χ0v) is 11.8. The van der Waals surface area contributed by atoms with Crippen molar-refractivity contribution < 1.29 is 9.53 Å². The number of hydrogen-bond donors (Lipinski definition) is 2. The van der Waals surface area contributed by atoms with Crippen LogP contribution in [0.25, 0.3) is 0 Å². The van der Waals surface area contributed by atoms with Gasteiger partial charge in [0.15, 0.2) is 0 Å². The fourth-order valence-corrected chi connectivity index (χ4v) is 2.59. The maximum atomic E-state index is 12.2. The highest BCUT2D eigenvalue weighted by Crippen LogP contribution is 2.25. The number of methoxy groups -OCH3 is 1. The molecule has 1 amide bonds. The molecule has 0 aliphatic carbocycles. The van der Waals surface area contributed by atoms with Crippen LogP contribution in [0.5, 0.6) is 5.75 Å². The number of benzene rings is 1. The number of para-hydroxylation sites is 1. The molecule has 4 nitrogen and oxygen atoms in total. The summed E-state index contributed by atoms with van der Waals surface area (Å²) in [6.07, 6.45) is 1.06. The standard InChI is InChI=1S/C15H22N2O2/c1-10-8-9-16-14(10)15(18)17-11(2)12-6-4-5-7-13(12)19-3/h4-7,10-11,14,16H,8-9H2,1-3H3,(H,17,18). The molecule has 2 rings (SSSR count). The maximum Gasteiger partial charge on any atom is 0.237 e. The Morgan fingerprint density at radius 3 is 2.84 bits per heavy atom. The number of carbonyl (C=O) groups is 1. The average molecular weight is 262 g/mol. The first-order valence-corrected chi connectivity index (χ1v) is 6.80. The quantitative estimate of drug-likeness (QED) is 0.871. The zero-order valence-electron chi connectivity index (χ0n) is 11.8. The highest BCUT2D eigenvalue weighted by molar-refractivity contribution is 5.82. The molecule has 1 saturated heterocycles. The van der Waals surface area contributed by atoms with Crippen LogP contribution in [0, 0.1) is 5.92 Å². The number of amides is 1. The Hall–Kier alpha value is -1.55. The van der Waals surface area contributed by atoms with Crippen LogP contribution in [0.1, 0.15) is 31.9 Å². The maximum absolute atomic E-state index is 12.2. The molecule has 1 aromatic rings. The van der Waals surface area contributed by atoms with E-state index in [9.17, 15) is 4.79 Å². The minimum absolute atomic E-state index is 0.0572. The first kappa shape index (κ1) is 13.9. The number of nitrogens with one attached hydrogen (secondary N) is 2. The van der Waals surface area contributed by atoms with Crippen LogP contribution in [0.15, 0.2) is 24.3 Å². The number of carbonyl (C=O) groups excluding carboxylic acids is 1. The minimum atomic E-state index is -0.0721. The van der Waals surface area contributed by atoms with Gasteiger partial charge in [0.25, 0.3) is 0 Å². The summed E-state index contributed by atoms with van der Waals surface area (Å²) in [6.45, 7) is 5.01. The number of hydrogen-bond acceptors (Lipinski definition) is 3. The van der Waals surface area contributed by atoms with Gasteiger partial charge in [-0.2, -0.15) is 0 Å². The fourth-order valence-electron chi connectivity index (χ4n) is 2.59. The number of ether oxygens (including phenoxy) is 1. The minimum Gasteiger partial charge on any atom is -0.496 e. The molecule has 19 heavy (non-hydrogen) atoms. The fraction of sp³-hybridized carbons (Fsp3) is 0.533. The van der Waals surface area contributed by atoms with Gasteiger partial charge < -0.3 is 15.4 Å². The third kappa shape index (κ3) is 3.07. The summed E-state index contributed by atoms with van der Waals surface area (Å²) in [5.74, 6) is 1.27. The van der Waals surface area contributed by atoms with Gasteiger partial charge in [0.05, 0.1) is 19.2 Å². The van der Waals surface area contributed by atoms with E-state index in [-0.39, 0.29) is 18.0 Å². The molecular formula is C15H22N2O2. The molecule has 104 valence electrons. The second kappa shape index (κ2) is 6.06. The molecule has 0 radical (unpaired) electrons. The van der Waals surface area contributed by atoms with Gasteiger partial charge in [-0.15, -0.1) is 0 Å². The summed E-state index contributed by atoms with van der Waals surface area (Å²) < 4.78 is 5.33. The average Bonchev–Trinajstić information content (AvgIpc) is 2.85. The Labute approximate surface area is 114 Å². The summed E-state index contributed by atoms with van der Waals surface area (Å²) in [7, 11) is 1.65. The number of rotatable bonds is 4. The van der Waals surface area contributed by atoms with E-state index in [1.165, 1.54) is 0 Å². The first-order chi connectivity index (χ1) is 9.13. The summed E-state index contributed by atoms with van der Waals surface area (Å²) in [5.41, 5.74) is 1.00. The van der Waals surface area contributed by atoms with Crippen molar-refractivity contribution in [1.29, 1.82) is 0 Å². The van der Waals surface area contributed by atoms with Crippen molar-refractivity contribution in [3.8, 4) is 5.75 Å². The van der Waals surface area contributed by atoms with Crippen molar-refractivity contribution in [1.82, 2.24) is 10.6 Å². The van der Waals surface area contributed by atoms with Gasteiger partial charge in [0, 0.05) is 5.56 Å². The molecule has 3 unspecified atom stereocenters. The highest BCUT2D eigenvalue weighted by Gasteiger charge is 2.30. The van der Waals surface area contributed by atoms with Crippen molar-refractivity contribution in [2.45, 2.75) is 32.4 Å². The van der Waals surface area contributed by atoms with Crippen molar-refractivity contribution in [2.24, 2.45) is 5.92 Å². The molecule has 2 N–H and O–H groups in total. The molecular weight excluding hydrogens is 240 g/mol. The van der Waals surface area contributed by atoms with Crippen LogP contribution < -0.4 is 15.4 Å². The second-order valence-corrected chi connectivity index (χ2v) is 5.17. The van der Waals surface area contributed by atoms with Crippen molar-refractivity contribution >= 4 is 5.91 Å². The van der Waals surface area contributed by atoms with E-state index < -0.39 is 0 Å². The predicted molar refractivity (Wildman–Crippen MR) is 75.1 cm³/mol. The Morgan fingerprint density at radius 2 is 2.21 bits per heavy atom. The van der Waals surface area contributed by atoms with E-state index in [0.29, 0.717) is 5.92 Å². The van der Waals surface area contributed by atoms with E-state index in [0.717, 1.165) is 24.3 Å². The summed E-state index contributed by atoms with van der Waals surface area (Å²) >= 11 is 0. The lowest BCUT2D eigenvalue weighted by Crippen LogP contribution is -2.44. The monoisotopic (exact) mass is 262 g/mol. The van der Waals surface area contributed by atoms with Crippen molar-refractivity contribution in [3.05, 3.63) is 29.8 Å². The van der Waals surface area contributed by atoms with Crippen LogP contribution in [0.4, 0.5) is 0 Å². The molecule has 1 heterocycles. The molecule has 3 atom stereocenters. The summed E-state index contributed by atoms with van der Waals surface area (Å²) in [6, 6.07) is 7.65. The van der Waals surface area contributed by atoms with Crippen LogP contribution in [-0.4, -0.2) is 25.6 Å². The lowest BCUT2D eigenvalue weighted by Gasteiger charge is -2.21. The van der Waals surface area contributed by atoms with Crippen molar-refractivity contribution in [2.75, 3.05) is 13.7 Å². The van der Waals surface area contributed by atoms with Crippen LogP contribution in [0.2, 0.25) is 0 Å². The Kier molecular flexibility index (Phi) is 4.43. The molecule has 1 fully saturated rings. The van der Waals surface area contributed by atoms with Gasteiger partial charge in [0.2, 0.25) is 5.91 Å². The molecule has 0 aromatic heterocycles. The summed E-state index contributed by atoms with van der Waals surface area (Å²) in [4.78, 5) is 12.2. The smallest absolute Gasteiger partial charge is 0.237 e. The first-order valence-electron chi connectivity index (χ1n) is 6.80. The van der Waals surface area contributed by atoms with Gasteiger partial charge in [-0.25, -0.2) is 0 Å². The largest absolute Gasteiger partial charge is 0.496 e. The van der Waals surface area contributed by atoms with E-state index >= 15 is 0 Å². The molecule has 1 aliphatic heterocycles. The van der Waals surface area contributed by atoms with Gasteiger partial charge in [-0.1, -0.05) is 25.1 Å². The molecule has 4 heteroatoms. The zero-order chi connectivity index (χ0) is 13.8. The molecule has 1 aromatic carbocycles. The lowest BCUT2D eigenvalue weighted by molar-refractivity contribution is -0.124. The van der Waals surface area contributed by atoms with E-state index in [2.05, 4.69) is 17.6 Å². The van der Waals surface area contributed by atoms with Gasteiger partial charge in [-0.05, 0) is 31.9 Å². The lowest BCUT2D eigenvalue weighted by atomic mass is 10.0. The summed E-state index contributed by atoms with van der Waals surface area (Å²) in [5, 5.41) is 6.31. The third-order valence-electron chi connectivity index (χ3n) is 3.78.